The third kappa shape index (κ3) is 3.04. The van der Waals surface area contributed by atoms with E-state index >= 15 is 0 Å². The average Bonchev–Trinajstić information content (AvgIpc) is 2.42. The Balaban J connectivity index is 2.41. The van der Waals surface area contributed by atoms with Gasteiger partial charge in [0.05, 0.1) is 16.8 Å². The predicted octanol–water partition coefficient (Wildman–Crippen LogP) is 2.67. The van der Waals surface area contributed by atoms with Crippen molar-refractivity contribution in [2.45, 2.75) is 0 Å². The van der Waals surface area contributed by atoms with E-state index in [0.29, 0.717) is 15.8 Å². The molecule has 0 aliphatic carbocycles. The minimum Gasteiger partial charge on any atom is -0.435 e. The Bertz CT molecular complexity index is 634. The van der Waals surface area contributed by atoms with Gasteiger partial charge in [0.15, 0.2) is 5.84 Å². The molecule has 0 saturated carbocycles. The lowest BCUT2D eigenvalue weighted by Crippen LogP contribution is -2.15. The van der Waals surface area contributed by atoms with Gasteiger partial charge in [-0.25, -0.2) is 0 Å². The maximum Gasteiger partial charge on any atom is 0.250 e. The lowest BCUT2D eigenvalue weighted by molar-refractivity contribution is 0.318. The summed E-state index contributed by atoms with van der Waals surface area (Å²) in [5.41, 5.74) is 5.80. The molecule has 2 rings (SSSR count). The first-order chi connectivity index (χ1) is 9.11. The monoisotopic (exact) mass is 298 g/mol. The first-order valence-corrected chi connectivity index (χ1v) is 5.80. The fraction of sp³-hybridized carbons (Fsp3) is 0. The van der Waals surface area contributed by atoms with Crippen molar-refractivity contribution in [1.29, 1.82) is 0 Å². The summed E-state index contributed by atoms with van der Waals surface area (Å²) in [6, 6.07) is 6.22. The fourth-order valence-corrected chi connectivity index (χ4v) is 1.62. The van der Waals surface area contributed by atoms with Crippen molar-refractivity contribution in [2.75, 3.05) is 0 Å². The van der Waals surface area contributed by atoms with Gasteiger partial charge < -0.3 is 15.7 Å². The van der Waals surface area contributed by atoms with Crippen molar-refractivity contribution in [3.8, 4) is 11.6 Å². The predicted molar refractivity (Wildman–Crippen MR) is 71.1 cm³/mol. The molecule has 0 amide bonds. The van der Waals surface area contributed by atoms with Gasteiger partial charge in [-0.1, -0.05) is 28.4 Å². The smallest absolute Gasteiger partial charge is 0.250 e. The van der Waals surface area contributed by atoms with Gasteiger partial charge in [0.25, 0.3) is 0 Å². The molecule has 8 heteroatoms. The Morgan fingerprint density at radius 2 is 2.11 bits per heavy atom. The third-order valence-corrected chi connectivity index (χ3v) is 2.72. The molecule has 0 aliphatic rings. The molecule has 98 valence electrons. The molecule has 1 heterocycles. The molecule has 3 N–H and O–H groups in total. The Morgan fingerprint density at radius 1 is 1.32 bits per heavy atom. The van der Waals surface area contributed by atoms with Gasteiger partial charge >= 0.3 is 0 Å². The van der Waals surface area contributed by atoms with Crippen LogP contribution in [-0.4, -0.2) is 21.2 Å². The van der Waals surface area contributed by atoms with Crippen molar-refractivity contribution in [2.24, 2.45) is 10.9 Å². The van der Waals surface area contributed by atoms with E-state index in [1.54, 1.807) is 12.1 Å². The topological polar surface area (TPSA) is 93.6 Å². The second-order valence-corrected chi connectivity index (χ2v) is 4.26. The number of aromatic nitrogens is 2. The van der Waals surface area contributed by atoms with E-state index in [1.165, 1.54) is 18.3 Å². The molecular weight excluding hydrogens is 291 g/mol. The molecule has 0 fully saturated rings. The number of rotatable bonds is 3. The van der Waals surface area contributed by atoms with Gasteiger partial charge in [-0.2, -0.15) is 5.10 Å². The summed E-state index contributed by atoms with van der Waals surface area (Å²) < 4.78 is 5.48. The number of ether oxygens (including phenoxy) is 1. The van der Waals surface area contributed by atoms with Crippen LogP contribution in [0.3, 0.4) is 0 Å². The minimum absolute atomic E-state index is 0.0574. The van der Waals surface area contributed by atoms with Crippen LogP contribution < -0.4 is 10.5 Å². The number of halogens is 2. The van der Waals surface area contributed by atoms with Gasteiger partial charge in [0.2, 0.25) is 5.88 Å². The van der Waals surface area contributed by atoms with Crippen LogP contribution in [0.5, 0.6) is 11.6 Å². The zero-order valence-corrected chi connectivity index (χ0v) is 10.9. The summed E-state index contributed by atoms with van der Waals surface area (Å²) >= 11 is 11.8. The number of nitrogens with two attached hydrogens (primary N) is 1. The molecule has 2 aromatic rings. The molecular formula is C11H8Cl2N4O2. The van der Waals surface area contributed by atoms with E-state index in [-0.39, 0.29) is 17.3 Å². The van der Waals surface area contributed by atoms with Crippen LogP contribution in [0, 0.1) is 0 Å². The van der Waals surface area contributed by atoms with E-state index in [1.807, 2.05) is 0 Å². The number of amidine groups is 1. The Hall–Kier alpha value is -2.05. The van der Waals surface area contributed by atoms with Crippen molar-refractivity contribution in [1.82, 2.24) is 10.2 Å². The van der Waals surface area contributed by atoms with Gasteiger partial charge in [0.1, 0.15) is 5.75 Å². The fourth-order valence-electron chi connectivity index (χ4n) is 1.30. The number of benzene rings is 1. The second kappa shape index (κ2) is 5.73. The maximum atomic E-state index is 8.69. The lowest BCUT2D eigenvalue weighted by atomic mass is 10.3. The van der Waals surface area contributed by atoms with E-state index in [2.05, 4.69) is 15.4 Å². The van der Waals surface area contributed by atoms with Crippen LogP contribution in [-0.2, 0) is 0 Å². The van der Waals surface area contributed by atoms with E-state index in [4.69, 9.17) is 38.9 Å². The molecule has 0 unspecified atom stereocenters. The molecule has 1 aromatic carbocycles. The minimum atomic E-state index is -0.150. The lowest BCUT2D eigenvalue weighted by Gasteiger charge is -2.09. The quantitative estimate of drug-likeness (QED) is 0.393. The summed E-state index contributed by atoms with van der Waals surface area (Å²) in [4.78, 5) is 0. The van der Waals surface area contributed by atoms with Crippen LogP contribution in [0.2, 0.25) is 10.0 Å². The van der Waals surface area contributed by atoms with Crippen LogP contribution in [0.25, 0.3) is 0 Å². The van der Waals surface area contributed by atoms with Gasteiger partial charge in [-0.3, -0.25) is 0 Å². The Labute approximate surface area is 118 Å². The molecule has 0 bridgehead atoms. The first kappa shape index (κ1) is 13.4. The average molecular weight is 299 g/mol. The van der Waals surface area contributed by atoms with Crippen molar-refractivity contribution >= 4 is 29.0 Å². The van der Waals surface area contributed by atoms with Gasteiger partial charge in [-0.05, 0) is 18.2 Å². The van der Waals surface area contributed by atoms with Crippen molar-refractivity contribution in [3.05, 3.63) is 46.1 Å². The summed E-state index contributed by atoms with van der Waals surface area (Å²) in [5, 5.41) is 19.8. The summed E-state index contributed by atoms with van der Waals surface area (Å²) in [7, 11) is 0. The van der Waals surface area contributed by atoms with E-state index in [0.717, 1.165) is 0 Å². The van der Waals surface area contributed by atoms with Crippen molar-refractivity contribution < 1.29 is 9.94 Å². The number of hydrogen-bond acceptors (Lipinski definition) is 5. The summed E-state index contributed by atoms with van der Waals surface area (Å²) in [5.74, 6) is 0.201. The standard InChI is InChI=1S/C11H8Cl2N4O2/c12-6-1-2-8(13)9(5-6)19-11-7(10(14)17-18)3-4-15-16-11/h1-5,18H,(H2,14,17). The molecule has 0 saturated heterocycles. The molecule has 1 aromatic heterocycles. The molecule has 0 aliphatic heterocycles. The molecule has 0 atom stereocenters. The highest BCUT2D eigenvalue weighted by atomic mass is 35.5. The van der Waals surface area contributed by atoms with Crippen LogP contribution in [0.1, 0.15) is 5.56 Å². The number of oxime groups is 1. The Morgan fingerprint density at radius 3 is 2.84 bits per heavy atom. The summed E-state index contributed by atoms with van der Waals surface area (Å²) in [6.45, 7) is 0. The van der Waals surface area contributed by atoms with Crippen LogP contribution in [0.4, 0.5) is 0 Å². The normalized spacial score (nSPS) is 11.4. The molecule has 0 radical (unpaired) electrons. The van der Waals surface area contributed by atoms with Gasteiger partial charge in [-0.15, -0.1) is 5.10 Å². The molecule has 0 spiro atoms. The number of hydrogen-bond donors (Lipinski definition) is 2. The van der Waals surface area contributed by atoms with Gasteiger partial charge in [0, 0.05) is 11.1 Å². The first-order valence-electron chi connectivity index (χ1n) is 5.04. The van der Waals surface area contributed by atoms with Crippen molar-refractivity contribution in [3.63, 3.8) is 0 Å². The SMILES string of the molecule is N/C(=N/O)c1ccnnc1Oc1cc(Cl)ccc1Cl. The third-order valence-electron chi connectivity index (χ3n) is 2.17. The van der Waals surface area contributed by atoms with Crippen LogP contribution >= 0.6 is 23.2 Å². The number of nitrogens with zero attached hydrogens (tertiary/aromatic N) is 3. The molecule has 6 nitrogen and oxygen atoms in total. The highest BCUT2D eigenvalue weighted by molar-refractivity contribution is 6.34. The van der Waals surface area contributed by atoms with Crippen LogP contribution in [0.15, 0.2) is 35.6 Å². The summed E-state index contributed by atoms with van der Waals surface area (Å²) in [6.07, 6.45) is 1.39. The second-order valence-electron chi connectivity index (χ2n) is 3.41. The van der Waals surface area contributed by atoms with E-state index < -0.39 is 0 Å². The zero-order valence-electron chi connectivity index (χ0n) is 9.42. The highest BCUT2D eigenvalue weighted by Crippen LogP contribution is 2.31. The van der Waals surface area contributed by atoms with E-state index in [9.17, 15) is 0 Å². The zero-order chi connectivity index (χ0) is 13.8. The largest absolute Gasteiger partial charge is 0.435 e. The highest BCUT2D eigenvalue weighted by Gasteiger charge is 2.13. The Kier molecular flexibility index (Phi) is 4.03. The molecule has 19 heavy (non-hydrogen) atoms. The maximum absolute atomic E-state index is 8.69.